The first-order valence-corrected chi connectivity index (χ1v) is 11.3. The summed E-state index contributed by atoms with van der Waals surface area (Å²) in [5, 5.41) is 48.4. The normalized spacial score (nSPS) is 11.5. The quantitative estimate of drug-likeness (QED) is 0.209. The first-order chi connectivity index (χ1) is 17.4. The van der Waals surface area contributed by atoms with Crippen LogP contribution in [0.5, 0.6) is 34.5 Å². The molecule has 0 atom stereocenters. The molecule has 0 aromatic heterocycles. The Hall–Kier alpha value is -4.84. The number of phenolic OH excluding ortho intramolecular Hbond substituents is 4. The zero-order valence-corrected chi connectivity index (χ0v) is 19.5. The van der Waals surface area contributed by atoms with Gasteiger partial charge in [0.2, 0.25) is 0 Å². The monoisotopic (exact) mass is 478 g/mol. The van der Waals surface area contributed by atoms with Crippen molar-refractivity contribution in [1.82, 2.24) is 0 Å². The Morgan fingerprint density at radius 3 is 2.00 bits per heavy atom. The van der Waals surface area contributed by atoms with Crippen LogP contribution < -0.4 is 9.47 Å². The van der Waals surface area contributed by atoms with E-state index in [2.05, 4.69) is 0 Å². The summed E-state index contributed by atoms with van der Waals surface area (Å²) in [7, 11) is 3.03. The fourth-order valence-corrected chi connectivity index (χ4v) is 5.29. The van der Waals surface area contributed by atoms with E-state index in [1.165, 1.54) is 20.3 Å². The molecule has 6 heteroatoms. The maximum atomic E-state index is 11.2. The molecule has 0 bridgehead atoms. The highest BCUT2D eigenvalue weighted by molar-refractivity contribution is 6.22. The van der Waals surface area contributed by atoms with Gasteiger partial charge in [-0.1, -0.05) is 36.4 Å². The van der Waals surface area contributed by atoms with Crippen LogP contribution in [0.25, 0.3) is 54.2 Å². The Labute approximate surface area is 205 Å². The van der Waals surface area contributed by atoms with Gasteiger partial charge in [0.25, 0.3) is 0 Å². The van der Waals surface area contributed by atoms with Gasteiger partial charge in [-0.3, -0.25) is 0 Å². The van der Waals surface area contributed by atoms with Crippen molar-refractivity contribution in [1.29, 1.82) is 0 Å². The van der Waals surface area contributed by atoms with Crippen LogP contribution in [0.1, 0.15) is 0 Å². The van der Waals surface area contributed by atoms with E-state index in [4.69, 9.17) is 9.47 Å². The number of hydrogen-bond acceptors (Lipinski definition) is 6. The van der Waals surface area contributed by atoms with Crippen molar-refractivity contribution in [3.63, 3.8) is 0 Å². The number of ether oxygens (including phenoxy) is 2. The molecule has 4 N–H and O–H groups in total. The topological polar surface area (TPSA) is 99.4 Å². The maximum Gasteiger partial charge on any atom is 0.131 e. The van der Waals surface area contributed by atoms with E-state index in [-0.39, 0.29) is 23.0 Å². The molecule has 0 radical (unpaired) electrons. The molecule has 0 aliphatic rings. The molecule has 36 heavy (non-hydrogen) atoms. The van der Waals surface area contributed by atoms with Crippen molar-refractivity contribution in [3.8, 4) is 45.6 Å². The lowest BCUT2D eigenvalue weighted by atomic mass is 9.89. The van der Waals surface area contributed by atoms with Gasteiger partial charge in [-0.2, -0.15) is 0 Å². The third kappa shape index (κ3) is 2.98. The third-order valence-electron chi connectivity index (χ3n) is 6.79. The van der Waals surface area contributed by atoms with Crippen molar-refractivity contribution in [2.75, 3.05) is 14.2 Å². The molecule has 6 aromatic rings. The van der Waals surface area contributed by atoms with E-state index in [0.717, 1.165) is 5.39 Å². The van der Waals surface area contributed by atoms with Crippen LogP contribution in [0, 0.1) is 0 Å². The Morgan fingerprint density at radius 2 is 1.22 bits per heavy atom. The number of phenols is 4. The lowest BCUT2D eigenvalue weighted by Crippen LogP contribution is -1.93. The van der Waals surface area contributed by atoms with Gasteiger partial charge in [-0.15, -0.1) is 0 Å². The average Bonchev–Trinajstić information content (AvgIpc) is 2.88. The van der Waals surface area contributed by atoms with E-state index in [1.54, 1.807) is 36.4 Å². The van der Waals surface area contributed by atoms with Crippen molar-refractivity contribution < 1.29 is 29.9 Å². The molecular formula is C30H22O6. The fourth-order valence-electron chi connectivity index (χ4n) is 5.29. The van der Waals surface area contributed by atoms with Crippen LogP contribution in [-0.2, 0) is 0 Å². The van der Waals surface area contributed by atoms with Crippen molar-refractivity contribution in [2.24, 2.45) is 0 Å². The summed E-state index contributed by atoms with van der Waals surface area (Å²) in [6, 6.07) is 20.8. The van der Waals surface area contributed by atoms with Gasteiger partial charge in [0.05, 0.1) is 14.2 Å². The number of hydrogen-bond donors (Lipinski definition) is 4. The summed E-state index contributed by atoms with van der Waals surface area (Å²) >= 11 is 0. The average molecular weight is 479 g/mol. The summed E-state index contributed by atoms with van der Waals surface area (Å²) in [5.74, 6) is 1.06. The lowest BCUT2D eigenvalue weighted by Gasteiger charge is -2.18. The van der Waals surface area contributed by atoms with Gasteiger partial charge in [0.1, 0.15) is 34.5 Å². The highest BCUT2D eigenvalue weighted by Crippen LogP contribution is 2.50. The van der Waals surface area contributed by atoms with Crippen LogP contribution in [0.15, 0.2) is 72.8 Å². The predicted octanol–water partition coefficient (Wildman–Crippen LogP) is 6.81. The molecule has 0 saturated heterocycles. The third-order valence-corrected chi connectivity index (χ3v) is 6.79. The number of fused-ring (bicyclic) bond motifs is 6. The highest BCUT2D eigenvalue weighted by atomic mass is 16.5. The molecule has 178 valence electrons. The van der Waals surface area contributed by atoms with E-state index in [0.29, 0.717) is 60.3 Å². The molecule has 6 rings (SSSR count). The second-order valence-corrected chi connectivity index (χ2v) is 8.70. The number of benzene rings is 6. The number of aromatic hydroxyl groups is 4. The maximum absolute atomic E-state index is 11.2. The minimum absolute atomic E-state index is 0.00104. The SMILES string of the molecule is COc1cc(O)cc2ccc3c(-c4c(O)cc(OC)c5c4ccc4cccc(O)c45)ccc(O)c3c12. The Kier molecular flexibility index (Phi) is 4.73. The Balaban J connectivity index is 1.81. The first-order valence-electron chi connectivity index (χ1n) is 11.3. The molecule has 0 saturated carbocycles. The number of rotatable bonds is 3. The van der Waals surface area contributed by atoms with Gasteiger partial charge in [-0.25, -0.2) is 0 Å². The number of methoxy groups -OCH3 is 2. The molecule has 0 aliphatic heterocycles. The van der Waals surface area contributed by atoms with Crippen LogP contribution in [0.3, 0.4) is 0 Å². The zero-order valence-electron chi connectivity index (χ0n) is 19.5. The molecular weight excluding hydrogens is 456 g/mol. The van der Waals surface area contributed by atoms with E-state index in [9.17, 15) is 20.4 Å². The highest BCUT2D eigenvalue weighted by Gasteiger charge is 2.21. The van der Waals surface area contributed by atoms with Crippen LogP contribution in [0.4, 0.5) is 0 Å². The van der Waals surface area contributed by atoms with Crippen molar-refractivity contribution in [3.05, 3.63) is 72.8 Å². The summed E-state index contributed by atoms with van der Waals surface area (Å²) in [6.07, 6.45) is 0. The predicted molar refractivity (Wildman–Crippen MR) is 142 cm³/mol. The standard InChI is InChI=1S/C30H22O6/c1-35-24-13-17(31)12-16-7-8-19-18(10-11-22(33)29(19)27(16)24)28-20-9-6-15-4-3-5-21(32)26(15)30(20)25(36-2)14-23(28)34/h3-14,31-34H,1-2H3. The minimum Gasteiger partial charge on any atom is -0.508 e. The van der Waals surface area contributed by atoms with Crippen molar-refractivity contribution >= 4 is 43.1 Å². The van der Waals surface area contributed by atoms with E-state index in [1.807, 2.05) is 30.3 Å². The molecule has 0 heterocycles. The van der Waals surface area contributed by atoms with E-state index < -0.39 is 0 Å². The lowest BCUT2D eigenvalue weighted by molar-refractivity contribution is 0.413. The largest absolute Gasteiger partial charge is 0.508 e. The summed E-state index contributed by atoms with van der Waals surface area (Å²) < 4.78 is 11.2. The fraction of sp³-hybridized carbons (Fsp3) is 0.0667. The van der Waals surface area contributed by atoms with Gasteiger partial charge in [0.15, 0.2) is 0 Å². The second-order valence-electron chi connectivity index (χ2n) is 8.70. The van der Waals surface area contributed by atoms with Gasteiger partial charge in [-0.05, 0) is 51.4 Å². The second kappa shape index (κ2) is 7.85. The Morgan fingerprint density at radius 1 is 0.528 bits per heavy atom. The van der Waals surface area contributed by atoms with Crippen LogP contribution in [0.2, 0.25) is 0 Å². The first kappa shape index (κ1) is 21.7. The summed E-state index contributed by atoms with van der Waals surface area (Å²) in [4.78, 5) is 0. The van der Waals surface area contributed by atoms with Crippen LogP contribution in [-0.4, -0.2) is 34.6 Å². The van der Waals surface area contributed by atoms with Crippen molar-refractivity contribution in [2.45, 2.75) is 0 Å². The molecule has 0 spiro atoms. The van der Waals surface area contributed by atoms with Gasteiger partial charge >= 0.3 is 0 Å². The molecule has 6 nitrogen and oxygen atoms in total. The molecule has 0 unspecified atom stereocenters. The van der Waals surface area contributed by atoms with Crippen LogP contribution >= 0.6 is 0 Å². The molecule has 0 aliphatic carbocycles. The van der Waals surface area contributed by atoms with Gasteiger partial charge in [0, 0.05) is 39.2 Å². The zero-order chi connectivity index (χ0) is 25.1. The smallest absolute Gasteiger partial charge is 0.131 e. The van der Waals surface area contributed by atoms with Gasteiger partial charge < -0.3 is 29.9 Å². The molecule has 0 amide bonds. The Bertz CT molecular complexity index is 1860. The summed E-state index contributed by atoms with van der Waals surface area (Å²) in [6.45, 7) is 0. The molecule has 0 fully saturated rings. The van der Waals surface area contributed by atoms with E-state index >= 15 is 0 Å². The summed E-state index contributed by atoms with van der Waals surface area (Å²) in [5.41, 5.74) is 1.22. The molecule has 6 aromatic carbocycles. The minimum atomic E-state index is -0.00104.